The van der Waals surface area contributed by atoms with E-state index >= 15 is 4.39 Å². The van der Waals surface area contributed by atoms with Gasteiger partial charge in [-0.05, 0) is 53.8 Å². The zero-order valence-corrected chi connectivity index (χ0v) is 25.5. The van der Waals surface area contributed by atoms with Crippen molar-refractivity contribution < 1.29 is 4.39 Å². The van der Waals surface area contributed by atoms with Crippen LogP contribution in [-0.2, 0) is 6.42 Å². The fourth-order valence-corrected chi connectivity index (χ4v) is 7.58. The van der Waals surface area contributed by atoms with E-state index in [0.717, 1.165) is 56.8 Å². The highest BCUT2D eigenvalue weighted by atomic mass is 19.1. The van der Waals surface area contributed by atoms with Crippen molar-refractivity contribution in [3.8, 4) is 39.7 Å². The summed E-state index contributed by atoms with van der Waals surface area (Å²) in [5.41, 5.74) is 8.91. The highest BCUT2D eigenvalue weighted by Gasteiger charge is 2.32. The summed E-state index contributed by atoms with van der Waals surface area (Å²) in [4.78, 5) is 0. The van der Waals surface area contributed by atoms with E-state index < -0.39 is 5.82 Å². The van der Waals surface area contributed by atoms with Crippen LogP contribution in [0.2, 0.25) is 0 Å². The summed E-state index contributed by atoms with van der Waals surface area (Å²) in [6.07, 6.45) is 6.12. The summed E-state index contributed by atoms with van der Waals surface area (Å²) in [7, 11) is 0. The highest BCUT2D eigenvalue weighted by molar-refractivity contribution is 6.11. The number of hydrogen-bond donors (Lipinski definition) is 0. The van der Waals surface area contributed by atoms with Gasteiger partial charge in [-0.2, -0.15) is 5.26 Å². The molecule has 0 saturated carbocycles. The van der Waals surface area contributed by atoms with Gasteiger partial charge in [0, 0.05) is 33.0 Å². The van der Waals surface area contributed by atoms with Crippen LogP contribution in [0.15, 0.2) is 140 Å². The molecule has 4 heteroatoms. The third kappa shape index (κ3) is 3.97. The summed E-state index contributed by atoms with van der Waals surface area (Å²) in [5.74, 6) is -0.418. The molecule has 2 aromatic heterocycles. The smallest absolute Gasteiger partial charge is 0.157 e. The lowest BCUT2D eigenvalue weighted by molar-refractivity contribution is 0.622. The molecule has 6 aromatic carbocycles. The summed E-state index contributed by atoms with van der Waals surface area (Å²) < 4.78 is 22.3. The lowest BCUT2D eigenvalue weighted by atomic mass is 9.89. The second kappa shape index (κ2) is 10.7. The molecule has 1 aliphatic carbocycles. The molecule has 0 aliphatic heterocycles. The van der Waals surface area contributed by atoms with E-state index in [-0.39, 0.29) is 0 Å². The molecule has 0 saturated heterocycles. The fourth-order valence-electron chi connectivity index (χ4n) is 7.58. The summed E-state index contributed by atoms with van der Waals surface area (Å²) >= 11 is 0. The van der Waals surface area contributed by atoms with E-state index in [4.69, 9.17) is 0 Å². The quantitative estimate of drug-likeness (QED) is 0.196. The standard InChI is InChI=1S/C43H28FN3/c44-41-39(28-15-3-1-4-16-28)34(27-45)42(46-35-23-11-7-19-30(35)31-20-8-12-24-36(31)46)40(29-17-5-2-6-18-29)43(41)47-37-25-13-9-21-32(37)33-22-10-14-26-38(33)47/h1-9,11-21,23-26H,10,22H2. The van der Waals surface area contributed by atoms with E-state index in [1.807, 2.05) is 91.0 Å². The number of nitrogens with zero attached hydrogens (tertiary/aromatic N) is 3. The molecule has 0 atom stereocenters. The molecule has 2 heterocycles. The molecular weight excluding hydrogens is 577 g/mol. The highest BCUT2D eigenvalue weighted by Crippen LogP contribution is 2.48. The van der Waals surface area contributed by atoms with Gasteiger partial charge in [0.2, 0.25) is 0 Å². The summed E-state index contributed by atoms with van der Waals surface area (Å²) in [6.45, 7) is 0. The third-order valence-corrected chi connectivity index (χ3v) is 9.51. The number of allylic oxidation sites excluding steroid dienone is 1. The van der Waals surface area contributed by atoms with Crippen molar-refractivity contribution in [2.75, 3.05) is 0 Å². The Hall–Kier alpha value is -6.18. The van der Waals surface area contributed by atoms with E-state index in [0.29, 0.717) is 33.6 Å². The molecule has 0 N–H and O–H groups in total. The second-order valence-electron chi connectivity index (χ2n) is 12.0. The molecule has 47 heavy (non-hydrogen) atoms. The number of aryl methyl sites for hydroxylation is 1. The molecule has 3 nitrogen and oxygen atoms in total. The van der Waals surface area contributed by atoms with Gasteiger partial charge < -0.3 is 9.13 Å². The van der Waals surface area contributed by atoms with Gasteiger partial charge in [0.25, 0.3) is 0 Å². The number of rotatable bonds is 4. The van der Waals surface area contributed by atoms with Gasteiger partial charge in [-0.3, -0.25) is 0 Å². The number of halogens is 1. The van der Waals surface area contributed by atoms with Crippen LogP contribution in [-0.4, -0.2) is 9.13 Å². The molecular formula is C43H28FN3. The Bertz CT molecular complexity index is 2530. The van der Waals surface area contributed by atoms with Crippen molar-refractivity contribution in [2.45, 2.75) is 12.8 Å². The van der Waals surface area contributed by atoms with Gasteiger partial charge in [-0.1, -0.05) is 121 Å². The first-order chi connectivity index (χ1) is 23.3. The number of benzene rings is 6. The van der Waals surface area contributed by atoms with Crippen LogP contribution in [0.1, 0.15) is 23.2 Å². The van der Waals surface area contributed by atoms with Gasteiger partial charge in [0.05, 0.1) is 33.5 Å². The Balaban J connectivity index is 1.59. The maximum absolute atomic E-state index is 18.1. The zero-order chi connectivity index (χ0) is 31.5. The molecule has 0 fully saturated rings. The van der Waals surface area contributed by atoms with Gasteiger partial charge >= 0.3 is 0 Å². The molecule has 0 unspecified atom stereocenters. The number of fused-ring (bicyclic) bond motifs is 6. The molecule has 9 rings (SSSR count). The number of nitriles is 1. The van der Waals surface area contributed by atoms with Crippen LogP contribution in [0.5, 0.6) is 0 Å². The minimum Gasteiger partial charge on any atom is -0.307 e. The minimum atomic E-state index is -0.418. The van der Waals surface area contributed by atoms with Crippen LogP contribution < -0.4 is 0 Å². The van der Waals surface area contributed by atoms with Crippen molar-refractivity contribution >= 4 is 38.8 Å². The largest absolute Gasteiger partial charge is 0.307 e. The monoisotopic (exact) mass is 605 g/mol. The summed E-state index contributed by atoms with van der Waals surface area (Å²) in [5, 5.41) is 14.4. The van der Waals surface area contributed by atoms with Gasteiger partial charge in [0.1, 0.15) is 6.07 Å². The first kappa shape index (κ1) is 27.2. The Morgan fingerprint density at radius 3 is 1.66 bits per heavy atom. The maximum Gasteiger partial charge on any atom is 0.157 e. The number of para-hydroxylation sites is 3. The average molecular weight is 606 g/mol. The van der Waals surface area contributed by atoms with Crippen molar-refractivity contribution in [2.24, 2.45) is 0 Å². The molecule has 0 radical (unpaired) electrons. The predicted molar refractivity (Wildman–Crippen MR) is 191 cm³/mol. The maximum atomic E-state index is 18.1. The van der Waals surface area contributed by atoms with Gasteiger partial charge in [0.15, 0.2) is 5.82 Å². The Morgan fingerprint density at radius 2 is 1.06 bits per heavy atom. The molecule has 0 amide bonds. The molecule has 0 spiro atoms. The van der Waals surface area contributed by atoms with Crippen molar-refractivity contribution in [1.29, 1.82) is 5.26 Å². The zero-order valence-electron chi connectivity index (χ0n) is 25.5. The number of aromatic nitrogens is 2. The topological polar surface area (TPSA) is 33.6 Å². The van der Waals surface area contributed by atoms with E-state index in [2.05, 4.69) is 69.8 Å². The van der Waals surface area contributed by atoms with Crippen molar-refractivity contribution in [1.82, 2.24) is 9.13 Å². The van der Waals surface area contributed by atoms with Crippen LogP contribution in [0, 0.1) is 17.1 Å². The normalized spacial score (nSPS) is 12.5. The van der Waals surface area contributed by atoms with Crippen molar-refractivity contribution in [3.63, 3.8) is 0 Å². The second-order valence-corrected chi connectivity index (χ2v) is 12.0. The van der Waals surface area contributed by atoms with Gasteiger partial charge in [-0.15, -0.1) is 0 Å². The lowest BCUT2D eigenvalue weighted by Crippen LogP contribution is -2.12. The molecule has 1 aliphatic rings. The van der Waals surface area contributed by atoms with E-state index in [1.54, 1.807) is 0 Å². The summed E-state index contributed by atoms with van der Waals surface area (Å²) in [6, 6.07) is 46.8. The van der Waals surface area contributed by atoms with Crippen molar-refractivity contribution in [3.05, 3.63) is 162 Å². The van der Waals surface area contributed by atoms with Crippen LogP contribution in [0.25, 0.3) is 72.4 Å². The van der Waals surface area contributed by atoms with E-state index in [9.17, 15) is 5.26 Å². The first-order valence-electron chi connectivity index (χ1n) is 15.9. The average Bonchev–Trinajstić information content (AvgIpc) is 3.65. The molecule has 8 aromatic rings. The first-order valence-corrected chi connectivity index (χ1v) is 15.9. The Morgan fingerprint density at radius 1 is 0.553 bits per heavy atom. The lowest BCUT2D eigenvalue weighted by Gasteiger charge is -2.25. The third-order valence-electron chi connectivity index (χ3n) is 9.51. The molecule has 0 bridgehead atoms. The Kier molecular flexibility index (Phi) is 6.19. The van der Waals surface area contributed by atoms with Crippen LogP contribution in [0.3, 0.4) is 0 Å². The predicted octanol–water partition coefficient (Wildman–Crippen LogP) is 11.0. The fraction of sp³-hybridized carbons (Fsp3) is 0.0465. The van der Waals surface area contributed by atoms with E-state index in [1.165, 1.54) is 5.56 Å². The molecule has 222 valence electrons. The van der Waals surface area contributed by atoms with Gasteiger partial charge in [-0.25, -0.2) is 4.39 Å². The number of hydrogen-bond acceptors (Lipinski definition) is 1. The minimum absolute atomic E-state index is 0.295. The van der Waals surface area contributed by atoms with Crippen LogP contribution >= 0.6 is 0 Å². The SMILES string of the molecule is N#Cc1c(-c2ccccc2)c(F)c(-n2c3c(c4ccccc42)CCC=C3)c(-c2ccccc2)c1-n1c2ccccc2c2ccccc21. The van der Waals surface area contributed by atoms with Crippen LogP contribution in [0.4, 0.5) is 4.39 Å². The Labute approximate surface area is 271 Å².